The van der Waals surface area contributed by atoms with Crippen LogP contribution in [0.25, 0.3) is 10.8 Å². The predicted molar refractivity (Wildman–Crippen MR) is 106 cm³/mol. The second-order valence-corrected chi connectivity index (χ2v) is 7.09. The van der Waals surface area contributed by atoms with E-state index in [1.807, 2.05) is 11.4 Å². The van der Waals surface area contributed by atoms with Crippen LogP contribution in [-0.2, 0) is 11.2 Å². The summed E-state index contributed by atoms with van der Waals surface area (Å²) in [6.07, 6.45) is 5.81. The van der Waals surface area contributed by atoms with Crippen LogP contribution in [0, 0.1) is 0 Å². The van der Waals surface area contributed by atoms with E-state index in [1.54, 1.807) is 35.6 Å². The lowest BCUT2D eigenvalue weighted by Gasteiger charge is -2.26. The number of hydrogen-bond acceptors (Lipinski definition) is 8. The van der Waals surface area contributed by atoms with E-state index >= 15 is 0 Å². The molecule has 1 amide bonds. The summed E-state index contributed by atoms with van der Waals surface area (Å²) < 4.78 is 5.28. The second kappa shape index (κ2) is 8.85. The van der Waals surface area contributed by atoms with Crippen molar-refractivity contribution in [1.29, 1.82) is 0 Å². The van der Waals surface area contributed by atoms with Crippen molar-refractivity contribution in [3.63, 3.8) is 0 Å². The maximum Gasteiger partial charge on any atom is 0.255 e. The Morgan fingerprint density at radius 2 is 2.00 bits per heavy atom. The van der Waals surface area contributed by atoms with Gasteiger partial charge in [0.05, 0.1) is 24.5 Å². The molecule has 0 bridgehead atoms. The first kappa shape index (κ1) is 18.5. The Morgan fingerprint density at radius 3 is 2.75 bits per heavy atom. The SMILES string of the molecule is O=C(c1ccc(NCCc2csc(-c3ncccn3)n2)nc1)N1CCOCC1. The molecular formula is C19H20N6O2S. The lowest BCUT2D eigenvalue weighted by Crippen LogP contribution is -2.40. The van der Waals surface area contributed by atoms with E-state index in [2.05, 4.69) is 25.3 Å². The van der Waals surface area contributed by atoms with Crippen molar-refractivity contribution in [3.8, 4) is 10.8 Å². The van der Waals surface area contributed by atoms with E-state index in [4.69, 9.17) is 4.74 Å². The molecule has 1 N–H and O–H groups in total. The first-order valence-electron chi connectivity index (χ1n) is 9.08. The van der Waals surface area contributed by atoms with Crippen LogP contribution in [0.5, 0.6) is 0 Å². The molecule has 0 radical (unpaired) electrons. The van der Waals surface area contributed by atoms with Crippen molar-refractivity contribution in [1.82, 2.24) is 24.8 Å². The fraction of sp³-hybridized carbons (Fsp3) is 0.316. The van der Waals surface area contributed by atoms with Crippen LogP contribution in [0.3, 0.4) is 0 Å². The van der Waals surface area contributed by atoms with Crippen LogP contribution in [0.2, 0.25) is 0 Å². The zero-order chi connectivity index (χ0) is 19.2. The molecule has 1 aliphatic heterocycles. The number of amides is 1. The first-order valence-corrected chi connectivity index (χ1v) is 9.96. The summed E-state index contributed by atoms with van der Waals surface area (Å²) in [5.41, 5.74) is 1.58. The number of nitrogens with one attached hydrogen (secondary N) is 1. The van der Waals surface area contributed by atoms with Crippen molar-refractivity contribution in [2.24, 2.45) is 0 Å². The van der Waals surface area contributed by atoms with Crippen LogP contribution < -0.4 is 5.32 Å². The Bertz CT molecular complexity index is 910. The molecule has 4 heterocycles. The van der Waals surface area contributed by atoms with Gasteiger partial charge in [0.1, 0.15) is 5.82 Å². The van der Waals surface area contributed by atoms with E-state index in [0.29, 0.717) is 44.2 Å². The molecule has 0 aliphatic carbocycles. The van der Waals surface area contributed by atoms with Gasteiger partial charge >= 0.3 is 0 Å². The van der Waals surface area contributed by atoms with Crippen molar-refractivity contribution < 1.29 is 9.53 Å². The smallest absolute Gasteiger partial charge is 0.255 e. The molecule has 9 heteroatoms. The summed E-state index contributed by atoms with van der Waals surface area (Å²) in [5, 5.41) is 6.10. The monoisotopic (exact) mass is 396 g/mol. The Hall–Kier alpha value is -2.91. The third-order valence-corrected chi connectivity index (χ3v) is 5.19. The third-order valence-electron chi connectivity index (χ3n) is 4.30. The summed E-state index contributed by atoms with van der Waals surface area (Å²) in [5.74, 6) is 1.38. The van der Waals surface area contributed by atoms with Crippen LogP contribution in [-0.4, -0.2) is 63.6 Å². The summed E-state index contributed by atoms with van der Waals surface area (Å²) in [6, 6.07) is 5.42. The number of ether oxygens (including phenoxy) is 1. The van der Waals surface area contributed by atoms with Crippen molar-refractivity contribution in [3.05, 3.63) is 53.4 Å². The molecule has 4 rings (SSSR count). The van der Waals surface area contributed by atoms with Gasteiger partial charge in [-0.2, -0.15) is 0 Å². The number of hydrogen-bond donors (Lipinski definition) is 1. The van der Waals surface area contributed by atoms with Gasteiger partial charge < -0.3 is 15.0 Å². The number of carbonyl (C=O) groups excluding carboxylic acids is 1. The van der Waals surface area contributed by atoms with Gasteiger partial charge in [-0.1, -0.05) is 0 Å². The Morgan fingerprint density at radius 1 is 1.18 bits per heavy atom. The molecule has 0 unspecified atom stereocenters. The minimum Gasteiger partial charge on any atom is -0.378 e. The van der Waals surface area contributed by atoms with Crippen LogP contribution in [0.15, 0.2) is 42.2 Å². The lowest BCUT2D eigenvalue weighted by molar-refractivity contribution is 0.0302. The zero-order valence-corrected chi connectivity index (χ0v) is 16.1. The van der Waals surface area contributed by atoms with Gasteiger partial charge in [-0.05, 0) is 18.2 Å². The molecule has 0 spiro atoms. The predicted octanol–water partition coefficient (Wildman–Crippen LogP) is 2.12. The Labute approximate surface area is 166 Å². The molecular weight excluding hydrogens is 376 g/mol. The minimum absolute atomic E-state index is 0.000448. The first-order chi connectivity index (χ1) is 13.8. The second-order valence-electron chi connectivity index (χ2n) is 6.23. The molecule has 1 saturated heterocycles. The highest BCUT2D eigenvalue weighted by Crippen LogP contribution is 2.19. The molecule has 0 atom stereocenters. The van der Waals surface area contributed by atoms with Crippen molar-refractivity contribution in [2.75, 3.05) is 38.2 Å². The fourth-order valence-electron chi connectivity index (χ4n) is 2.83. The lowest BCUT2D eigenvalue weighted by atomic mass is 10.2. The largest absolute Gasteiger partial charge is 0.378 e. The fourth-order valence-corrected chi connectivity index (χ4v) is 3.63. The molecule has 28 heavy (non-hydrogen) atoms. The van der Waals surface area contributed by atoms with Crippen molar-refractivity contribution >= 4 is 23.1 Å². The quantitative estimate of drug-likeness (QED) is 0.682. The zero-order valence-electron chi connectivity index (χ0n) is 15.2. The number of thiazole rings is 1. The van der Waals surface area contributed by atoms with Crippen molar-refractivity contribution in [2.45, 2.75) is 6.42 Å². The molecule has 0 saturated carbocycles. The molecule has 1 fully saturated rings. The highest BCUT2D eigenvalue weighted by molar-refractivity contribution is 7.13. The standard InChI is InChI=1S/C19H20N6O2S/c26-19(25-8-10-27-11-9-25)14-2-3-16(23-12-14)20-7-4-15-13-28-18(24-15)17-21-5-1-6-22-17/h1-3,5-6,12-13H,4,7-11H2,(H,20,23). The van der Waals surface area contributed by atoms with E-state index < -0.39 is 0 Å². The highest BCUT2D eigenvalue weighted by Gasteiger charge is 2.18. The molecule has 1 aliphatic rings. The normalized spacial score (nSPS) is 14.1. The number of carbonyl (C=O) groups is 1. The molecule has 3 aromatic rings. The van der Waals surface area contributed by atoms with Crippen LogP contribution in [0.4, 0.5) is 5.82 Å². The van der Waals surface area contributed by atoms with Gasteiger partial charge in [0.25, 0.3) is 5.91 Å². The molecule has 3 aromatic heterocycles. The summed E-state index contributed by atoms with van der Waals surface area (Å²) in [7, 11) is 0. The number of morpholine rings is 1. The van der Waals surface area contributed by atoms with Gasteiger partial charge in [0, 0.05) is 50.0 Å². The number of aromatic nitrogens is 4. The number of nitrogens with zero attached hydrogens (tertiary/aromatic N) is 5. The Kier molecular flexibility index (Phi) is 5.83. The van der Waals surface area contributed by atoms with E-state index in [0.717, 1.165) is 22.9 Å². The van der Waals surface area contributed by atoms with Gasteiger partial charge in [0.2, 0.25) is 0 Å². The number of rotatable bonds is 6. The highest BCUT2D eigenvalue weighted by atomic mass is 32.1. The van der Waals surface area contributed by atoms with E-state index in [-0.39, 0.29) is 5.91 Å². The molecule has 144 valence electrons. The van der Waals surface area contributed by atoms with Crippen LogP contribution in [0.1, 0.15) is 16.1 Å². The van der Waals surface area contributed by atoms with Crippen LogP contribution >= 0.6 is 11.3 Å². The van der Waals surface area contributed by atoms with E-state index in [1.165, 1.54) is 11.3 Å². The van der Waals surface area contributed by atoms with Gasteiger partial charge in [-0.3, -0.25) is 4.79 Å². The van der Waals surface area contributed by atoms with Gasteiger partial charge in [-0.25, -0.2) is 19.9 Å². The summed E-state index contributed by atoms with van der Waals surface area (Å²) >= 11 is 1.54. The number of pyridine rings is 1. The van der Waals surface area contributed by atoms with Gasteiger partial charge in [-0.15, -0.1) is 11.3 Å². The maximum absolute atomic E-state index is 12.4. The average Bonchev–Trinajstić information content (AvgIpc) is 3.24. The Balaban J connectivity index is 1.28. The molecule has 0 aromatic carbocycles. The topological polar surface area (TPSA) is 93.1 Å². The summed E-state index contributed by atoms with van der Waals surface area (Å²) in [6.45, 7) is 3.13. The summed E-state index contributed by atoms with van der Waals surface area (Å²) in [4.78, 5) is 31.6. The van der Waals surface area contributed by atoms with E-state index in [9.17, 15) is 4.79 Å². The maximum atomic E-state index is 12.4. The molecule has 8 nitrogen and oxygen atoms in total. The average molecular weight is 396 g/mol. The minimum atomic E-state index is 0.000448. The van der Waals surface area contributed by atoms with Gasteiger partial charge in [0.15, 0.2) is 10.8 Å². The number of anilines is 1. The third kappa shape index (κ3) is 4.49.